The highest BCUT2D eigenvalue weighted by atomic mass is 19.4. The maximum Gasteiger partial charge on any atom is 0.416 e. The number of nitrogens with one attached hydrogen (secondary N) is 1. The van der Waals surface area contributed by atoms with Gasteiger partial charge in [-0.15, -0.1) is 0 Å². The van der Waals surface area contributed by atoms with Gasteiger partial charge >= 0.3 is 6.18 Å². The minimum absolute atomic E-state index is 0.0754. The van der Waals surface area contributed by atoms with Gasteiger partial charge in [-0.05, 0) is 44.0 Å². The van der Waals surface area contributed by atoms with Crippen molar-refractivity contribution in [2.75, 3.05) is 14.2 Å². The maximum atomic E-state index is 12.5. The monoisotopic (exact) mass is 273 g/mol. The largest absolute Gasteiger partial charge is 0.416 e. The van der Waals surface area contributed by atoms with Crippen molar-refractivity contribution < 1.29 is 17.9 Å². The summed E-state index contributed by atoms with van der Waals surface area (Å²) < 4.78 is 43.2. The summed E-state index contributed by atoms with van der Waals surface area (Å²) in [4.78, 5) is 0. The third-order valence-corrected chi connectivity index (χ3v) is 3.99. The number of methoxy groups -OCH3 is 1. The molecule has 0 aliphatic heterocycles. The van der Waals surface area contributed by atoms with E-state index in [9.17, 15) is 13.2 Å². The van der Waals surface area contributed by atoms with Crippen molar-refractivity contribution in [2.45, 2.75) is 37.1 Å². The molecule has 0 radical (unpaired) electrons. The van der Waals surface area contributed by atoms with Crippen molar-refractivity contribution in [3.8, 4) is 0 Å². The Kier molecular flexibility index (Phi) is 3.87. The van der Waals surface area contributed by atoms with Crippen LogP contribution >= 0.6 is 0 Å². The van der Waals surface area contributed by atoms with E-state index in [0.29, 0.717) is 0 Å². The van der Waals surface area contributed by atoms with Crippen LogP contribution in [0.5, 0.6) is 0 Å². The molecule has 1 unspecified atom stereocenters. The molecule has 0 saturated heterocycles. The second-order valence-corrected chi connectivity index (χ2v) is 4.96. The Morgan fingerprint density at radius 1 is 1.21 bits per heavy atom. The SMILES string of the molecule is CNC(c1ccc(C(F)(F)F)cc1)C1(OC)CCC1. The van der Waals surface area contributed by atoms with Gasteiger partial charge in [0.2, 0.25) is 0 Å². The summed E-state index contributed by atoms with van der Waals surface area (Å²) in [5.74, 6) is 0. The van der Waals surface area contributed by atoms with Gasteiger partial charge in [-0.25, -0.2) is 0 Å². The minimum Gasteiger partial charge on any atom is -0.376 e. The zero-order chi connectivity index (χ0) is 14.1. The summed E-state index contributed by atoms with van der Waals surface area (Å²) in [5, 5.41) is 3.16. The number of benzene rings is 1. The van der Waals surface area contributed by atoms with E-state index < -0.39 is 11.7 Å². The van der Waals surface area contributed by atoms with Crippen LogP contribution in [-0.2, 0) is 10.9 Å². The lowest BCUT2D eigenvalue weighted by Crippen LogP contribution is -2.49. The highest BCUT2D eigenvalue weighted by molar-refractivity contribution is 5.29. The molecule has 5 heteroatoms. The van der Waals surface area contributed by atoms with Crippen LogP contribution in [-0.4, -0.2) is 19.8 Å². The van der Waals surface area contributed by atoms with Crippen molar-refractivity contribution >= 4 is 0 Å². The molecule has 1 atom stereocenters. The maximum absolute atomic E-state index is 12.5. The Hall–Kier alpha value is -1.07. The van der Waals surface area contributed by atoms with Crippen molar-refractivity contribution in [1.82, 2.24) is 5.32 Å². The Balaban J connectivity index is 2.25. The van der Waals surface area contributed by atoms with E-state index in [4.69, 9.17) is 4.74 Å². The summed E-state index contributed by atoms with van der Waals surface area (Å²) in [5.41, 5.74) is -0.0719. The highest BCUT2D eigenvalue weighted by Gasteiger charge is 2.44. The molecule has 2 rings (SSSR count). The van der Waals surface area contributed by atoms with E-state index in [2.05, 4.69) is 5.32 Å². The van der Waals surface area contributed by atoms with Gasteiger partial charge in [-0.1, -0.05) is 12.1 Å². The molecule has 0 amide bonds. The van der Waals surface area contributed by atoms with E-state index >= 15 is 0 Å². The molecule has 1 N–H and O–H groups in total. The fourth-order valence-corrected chi connectivity index (χ4v) is 2.73. The Bertz CT molecular complexity index is 418. The van der Waals surface area contributed by atoms with Crippen LogP contribution in [0.4, 0.5) is 13.2 Å². The van der Waals surface area contributed by atoms with Crippen molar-refractivity contribution in [3.05, 3.63) is 35.4 Å². The first-order valence-corrected chi connectivity index (χ1v) is 6.32. The van der Waals surface area contributed by atoms with E-state index in [1.54, 1.807) is 14.2 Å². The van der Waals surface area contributed by atoms with Crippen LogP contribution in [0.25, 0.3) is 0 Å². The number of ether oxygens (including phenoxy) is 1. The number of likely N-dealkylation sites (N-methyl/N-ethyl adjacent to an activating group) is 1. The summed E-state index contributed by atoms with van der Waals surface area (Å²) in [6.07, 6.45) is -1.35. The number of halogens is 3. The van der Waals surface area contributed by atoms with Crippen LogP contribution in [0, 0.1) is 0 Å². The predicted octanol–water partition coefficient (Wildman–Crippen LogP) is 3.54. The second-order valence-electron chi connectivity index (χ2n) is 4.96. The van der Waals surface area contributed by atoms with Crippen LogP contribution in [0.3, 0.4) is 0 Å². The fourth-order valence-electron chi connectivity index (χ4n) is 2.73. The first-order valence-electron chi connectivity index (χ1n) is 6.32. The molecule has 0 bridgehead atoms. The topological polar surface area (TPSA) is 21.3 Å². The van der Waals surface area contributed by atoms with Gasteiger partial charge < -0.3 is 10.1 Å². The third kappa shape index (κ3) is 2.62. The Labute approximate surface area is 111 Å². The van der Waals surface area contributed by atoms with Gasteiger partial charge in [0.25, 0.3) is 0 Å². The molecule has 2 nitrogen and oxygen atoms in total. The molecular formula is C14H18F3NO. The summed E-state index contributed by atoms with van der Waals surface area (Å²) in [7, 11) is 3.47. The van der Waals surface area contributed by atoms with Crippen LogP contribution in [0.15, 0.2) is 24.3 Å². The Morgan fingerprint density at radius 3 is 2.11 bits per heavy atom. The molecule has 1 fully saturated rings. The van der Waals surface area contributed by atoms with Crippen molar-refractivity contribution in [3.63, 3.8) is 0 Å². The molecule has 1 saturated carbocycles. The molecule has 1 aromatic rings. The summed E-state index contributed by atoms with van der Waals surface area (Å²) >= 11 is 0. The van der Waals surface area contributed by atoms with Gasteiger partial charge in [0.15, 0.2) is 0 Å². The van der Waals surface area contributed by atoms with Crippen molar-refractivity contribution in [2.24, 2.45) is 0 Å². The average Bonchev–Trinajstić information content (AvgIpc) is 2.33. The second kappa shape index (κ2) is 5.13. The number of alkyl halides is 3. The summed E-state index contributed by atoms with van der Waals surface area (Å²) in [6, 6.07) is 5.24. The quantitative estimate of drug-likeness (QED) is 0.906. The van der Waals surface area contributed by atoms with Gasteiger partial charge in [0.05, 0.1) is 17.2 Å². The molecule has 0 spiro atoms. The lowest BCUT2D eigenvalue weighted by atomic mass is 9.72. The van der Waals surface area contributed by atoms with Gasteiger partial charge in [-0.3, -0.25) is 0 Å². The number of hydrogen-bond donors (Lipinski definition) is 1. The molecule has 1 aromatic carbocycles. The first-order chi connectivity index (χ1) is 8.93. The zero-order valence-electron chi connectivity index (χ0n) is 11.1. The van der Waals surface area contributed by atoms with E-state index in [1.165, 1.54) is 12.1 Å². The normalized spacial score (nSPS) is 19.8. The van der Waals surface area contributed by atoms with Gasteiger partial charge in [-0.2, -0.15) is 13.2 Å². The molecule has 0 aromatic heterocycles. The lowest BCUT2D eigenvalue weighted by molar-refractivity contribution is -0.137. The number of rotatable bonds is 4. The third-order valence-electron chi connectivity index (χ3n) is 3.99. The van der Waals surface area contributed by atoms with E-state index in [1.807, 2.05) is 0 Å². The number of hydrogen-bond acceptors (Lipinski definition) is 2. The van der Waals surface area contributed by atoms with Gasteiger partial charge in [0.1, 0.15) is 0 Å². The fraction of sp³-hybridized carbons (Fsp3) is 0.571. The first kappa shape index (κ1) is 14.3. The van der Waals surface area contributed by atoms with Crippen LogP contribution < -0.4 is 5.32 Å². The smallest absolute Gasteiger partial charge is 0.376 e. The zero-order valence-corrected chi connectivity index (χ0v) is 11.1. The molecule has 0 heterocycles. The Morgan fingerprint density at radius 2 is 1.79 bits per heavy atom. The molecule has 19 heavy (non-hydrogen) atoms. The van der Waals surface area contributed by atoms with Gasteiger partial charge in [0, 0.05) is 7.11 Å². The highest BCUT2D eigenvalue weighted by Crippen LogP contribution is 2.45. The standard InChI is InChI=1S/C14H18F3NO/c1-18-12(13(19-2)8-3-9-13)10-4-6-11(7-5-10)14(15,16)17/h4-7,12,18H,3,8-9H2,1-2H3. The predicted molar refractivity (Wildman–Crippen MR) is 66.8 cm³/mol. The lowest BCUT2D eigenvalue weighted by Gasteiger charge is -2.46. The summed E-state index contributed by atoms with van der Waals surface area (Å²) in [6.45, 7) is 0. The molecule has 106 valence electrons. The molecule has 1 aliphatic carbocycles. The minimum atomic E-state index is -4.29. The molecular weight excluding hydrogens is 255 g/mol. The average molecular weight is 273 g/mol. The molecule has 1 aliphatic rings. The van der Waals surface area contributed by atoms with E-state index in [-0.39, 0.29) is 11.6 Å². The van der Waals surface area contributed by atoms with Crippen molar-refractivity contribution in [1.29, 1.82) is 0 Å². The van der Waals surface area contributed by atoms with Crippen LogP contribution in [0.2, 0.25) is 0 Å². The van der Waals surface area contributed by atoms with Crippen LogP contribution in [0.1, 0.15) is 36.4 Å². The van der Waals surface area contributed by atoms with E-state index in [0.717, 1.165) is 37.0 Å².